The third-order valence-corrected chi connectivity index (χ3v) is 4.76. The predicted molar refractivity (Wildman–Crippen MR) is 105 cm³/mol. The van der Waals surface area contributed by atoms with Crippen LogP contribution in [0, 0.1) is 0 Å². The highest BCUT2D eigenvalue weighted by Gasteiger charge is 2.15. The number of nitrogens with one attached hydrogen (secondary N) is 2. The zero-order valence-corrected chi connectivity index (χ0v) is 15.8. The number of carbonyl (C=O) groups excluding carboxylic acids is 1. The molecule has 1 aliphatic rings. The van der Waals surface area contributed by atoms with Crippen molar-refractivity contribution < 1.29 is 14.3 Å². The van der Waals surface area contributed by atoms with Gasteiger partial charge in [-0.15, -0.1) is 0 Å². The Bertz CT molecular complexity index is 774. The van der Waals surface area contributed by atoms with E-state index in [1.165, 1.54) is 32.0 Å². The number of ether oxygens (including phenoxy) is 2. The lowest BCUT2D eigenvalue weighted by molar-refractivity contribution is 0.102. The molecule has 2 aromatic rings. The van der Waals surface area contributed by atoms with Crippen molar-refractivity contribution >= 4 is 17.4 Å². The first-order valence-electron chi connectivity index (χ1n) is 9.31. The van der Waals surface area contributed by atoms with Gasteiger partial charge in [0.1, 0.15) is 29.3 Å². The van der Waals surface area contributed by atoms with Crippen molar-refractivity contribution in [3.8, 4) is 11.5 Å². The third-order valence-electron chi connectivity index (χ3n) is 4.76. The molecule has 0 aliphatic heterocycles. The number of hydrogen-bond acceptors (Lipinski definition) is 6. The number of carbonyl (C=O) groups is 1. The van der Waals surface area contributed by atoms with Gasteiger partial charge in [-0.2, -0.15) is 0 Å². The Kier molecular flexibility index (Phi) is 6.46. The first kappa shape index (κ1) is 18.9. The summed E-state index contributed by atoms with van der Waals surface area (Å²) in [5, 5.41) is 6.28. The largest absolute Gasteiger partial charge is 0.497 e. The first-order chi connectivity index (χ1) is 13.2. The molecular weight excluding hydrogens is 344 g/mol. The van der Waals surface area contributed by atoms with Gasteiger partial charge >= 0.3 is 0 Å². The Balaban J connectivity index is 1.70. The molecule has 144 valence electrons. The van der Waals surface area contributed by atoms with Crippen LogP contribution >= 0.6 is 0 Å². The van der Waals surface area contributed by atoms with Crippen LogP contribution in [0.3, 0.4) is 0 Å². The number of nitrogens with zero attached hydrogens (tertiary/aromatic N) is 2. The summed E-state index contributed by atoms with van der Waals surface area (Å²) in [6.45, 7) is 0. The van der Waals surface area contributed by atoms with Crippen molar-refractivity contribution in [1.29, 1.82) is 0 Å². The van der Waals surface area contributed by atoms with Crippen molar-refractivity contribution in [2.24, 2.45) is 0 Å². The molecule has 0 spiro atoms. The molecule has 1 amide bonds. The van der Waals surface area contributed by atoms with Crippen molar-refractivity contribution in [2.45, 2.75) is 44.6 Å². The molecule has 1 saturated carbocycles. The number of rotatable bonds is 6. The summed E-state index contributed by atoms with van der Waals surface area (Å²) >= 11 is 0. The van der Waals surface area contributed by atoms with Crippen LogP contribution in [0.25, 0.3) is 0 Å². The molecule has 0 atom stereocenters. The molecule has 2 N–H and O–H groups in total. The topological polar surface area (TPSA) is 85.4 Å². The number of anilines is 2. The number of aromatic nitrogens is 2. The fourth-order valence-electron chi connectivity index (χ4n) is 3.28. The van der Waals surface area contributed by atoms with E-state index in [1.807, 2.05) is 0 Å². The molecule has 27 heavy (non-hydrogen) atoms. The molecule has 3 rings (SSSR count). The van der Waals surface area contributed by atoms with Crippen LogP contribution < -0.4 is 20.1 Å². The predicted octanol–water partition coefficient (Wildman–Crippen LogP) is 3.88. The molecular formula is C20H26N4O3. The van der Waals surface area contributed by atoms with E-state index < -0.39 is 0 Å². The minimum absolute atomic E-state index is 0.305. The van der Waals surface area contributed by atoms with Crippen LogP contribution in [0.1, 0.15) is 49.0 Å². The van der Waals surface area contributed by atoms with E-state index >= 15 is 0 Å². The summed E-state index contributed by atoms with van der Waals surface area (Å²) in [5.41, 5.74) is 0.860. The standard InChI is InChI=1S/C20H26N4O3/c1-26-15-9-10-16(18(11-15)27-2)24-20(25)17-12-19(22-13-21-17)23-14-7-5-3-4-6-8-14/h9-14H,3-8H2,1-2H3,(H,24,25)(H,21,22,23). The average Bonchev–Trinajstić information content (AvgIpc) is 2.97. The Morgan fingerprint density at radius 2 is 1.81 bits per heavy atom. The summed E-state index contributed by atoms with van der Waals surface area (Å²) in [4.78, 5) is 21.0. The third kappa shape index (κ3) is 5.09. The zero-order valence-electron chi connectivity index (χ0n) is 15.8. The van der Waals surface area contributed by atoms with Crippen LogP contribution in [-0.2, 0) is 0 Å². The molecule has 1 aromatic heterocycles. The van der Waals surface area contributed by atoms with Gasteiger partial charge in [-0.05, 0) is 25.0 Å². The Hall–Kier alpha value is -2.83. The van der Waals surface area contributed by atoms with E-state index in [4.69, 9.17) is 9.47 Å². The molecule has 1 fully saturated rings. The maximum absolute atomic E-state index is 12.6. The Morgan fingerprint density at radius 1 is 1.04 bits per heavy atom. The Morgan fingerprint density at radius 3 is 2.52 bits per heavy atom. The van der Waals surface area contributed by atoms with E-state index in [-0.39, 0.29) is 5.91 Å². The molecule has 0 radical (unpaired) electrons. The number of hydrogen-bond donors (Lipinski definition) is 2. The highest BCUT2D eigenvalue weighted by molar-refractivity contribution is 6.04. The van der Waals surface area contributed by atoms with Crippen LogP contribution in [0.15, 0.2) is 30.6 Å². The second-order valence-electron chi connectivity index (χ2n) is 6.64. The minimum atomic E-state index is -0.315. The van der Waals surface area contributed by atoms with Crippen molar-refractivity contribution in [2.75, 3.05) is 24.9 Å². The minimum Gasteiger partial charge on any atom is -0.497 e. The molecule has 0 bridgehead atoms. The number of benzene rings is 1. The molecule has 0 unspecified atom stereocenters. The number of methoxy groups -OCH3 is 2. The van der Waals surface area contributed by atoms with Crippen molar-refractivity contribution in [3.63, 3.8) is 0 Å². The van der Waals surface area contributed by atoms with Gasteiger partial charge in [-0.25, -0.2) is 9.97 Å². The van der Waals surface area contributed by atoms with E-state index in [0.29, 0.717) is 34.7 Å². The van der Waals surface area contributed by atoms with Gasteiger partial charge in [0.15, 0.2) is 0 Å². The second kappa shape index (κ2) is 9.21. The quantitative estimate of drug-likeness (QED) is 0.751. The van der Waals surface area contributed by atoms with E-state index in [9.17, 15) is 4.79 Å². The van der Waals surface area contributed by atoms with Gasteiger partial charge in [-0.1, -0.05) is 25.7 Å². The van der Waals surface area contributed by atoms with Gasteiger partial charge in [0, 0.05) is 18.2 Å². The van der Waals surface area contributed by atoms with E-state index in [2.05, 4.69) is 20.6 Å². The maximum atomic E-state index is 12.6. The summed E-state index contributed by atoms with van der Waals surface area (Å²) in [7, 11) is 3.13. The molecule has 7 heteroatoms. The lowest BCUT2D eigenvalue weighted by Crippen LogP contribution is -2.20. The molecule has 7 nitrogen and oxygen atoms in total. The second-order valence-corrected chi connectivity index (χ2v) is 6.64. The lowest BCUT2D eigenvalue weighted by atomic mass is 10.1. The van der Waals surface area contributed by atoms with Gasteiger partial charge in [0.2, 0.25) is 0 Å². The average molecular weight is 370 g/mol. The van der Waals surface area contributed by atoms with Crippen LogP contribution in [0.4, 0.5) is 11.5 Å². The first-order valence-corrected chi connectivity index (χ1v) is 9.31. The van der Waals surface area contributed by atoms with Crippen molar-refractivity contribution in [3.05, 3.63) is 36.3 Å². The van der Waals surface area contributed by atoms with Crippen LogP contribution in [-0.4, -0.2) is 36.1 Å². The fraction of sp³-hybridized carbons (Fsp3) is 0.450. The van der Waals surface area contributed by atoms with Gasteiger partial charge in [-0.3, -0.25) is 4.79 Å². The van der Waals surface area contributed by atoms with E-state index in [0.717, 1.165) is 12.8 Å². The zero-order chi connectivity index (χ0) is 19.1. The molecule has 1 aromatic carbocycles. The molecule has 0 saturated heterocycles. The van der Waals surface area contributed by atoms with Crippen molar-refractivity contribution in [1.82, 2.24) is 9.97 Å². The summed E-state index contributed by atoms with van der Waals surface area (Å²) in [5.74, 6) is 1.55. The summed E-state index contributed by atoms with van der Waals surface area (Å²) in [6.07, 6.45) is 8.72. The highest BCUT2D eigenvalue weighted by atomic mass is 16.5. The van der Waals surface area contributed by atoms with E-state index in [1.54, 1.807) is 38.5 Å². The van der Waals surface area contributed by atoms with Gasteiger partial charge < -0.3 is 20.1 Å². The normalized spacial score (nSPS) is 14.9. The lowest BCUT2D eigenvalue weighted by Gasteiger charge is -2.17. The Labute approximate surface area is 159 Å². The molecule has 1 heterocycles. The number of amides is 1. The molecule has 1 aliphatic carbocycles. The monoisotopic (exact) mass is 370 g/mol. The highest BCUT2D eigenvalue weighted by Crippen LogP contribution is 2.29. The van der Waals surface area contributed by atoms with Gasteiger partial charge in [0.25, 0.3) is 5.91 Å². The smallest absolute Gasteiger partial charge is 0.274 e. The van der Waals surface area contributed by atoms with Crippen LogP contribution in [0.2, 0.25) is 0 Å². The maximum Gasteiger partial charge on any atom is 0.274 e. The SMILES string of the molecule is COc1ccc(NC(=O)c2cc(NC3CCCCCC3)ncn2)c(OC)c1. The summed E-state index contributed by atoms with van der Waals surface area (Å²) in [6, 6.07) is 7.31. The van der Waals surface area contributed by atoms with Crippen LogP contribution in [0.5, 0.6) is 11.5 Å². The summed E-state index contributed by atoms with van der Waals surface area (Å²) < 4.78 is 10.5. The van der Waals surface area contributed by atoms with Gasteiger partial charge in [0.05, 0.1) is 19.9 Å². The fourth-order valence-corrected chi connectivity index (χ4v) is 3.28.